The van der Waals surface area contributed by atoms with Crippen LogP contribution in [0.3, 0.4) is 0 Å². The molecule has 0 aromatic heterocycles. The third kappa shape index (κ3) is 1.39. The molecule has 1 aromatic rings. The maximum Gasteiger partial charge on any atom is 0.0631 e. The smallest absolute Gasteiger partial charge is 0.0631 e. The fraction of sp³-hybridized carbons (Fsp3) is 0.476. The summed E-state index contributed by atoms with van der Waals surface area (Å²) < 4.78 is 0. The number of rotatable bonds is 1. The van der Waals surface area contributed by atoms with Crippen molar-refractivity contribution in [1.29, 1.82) is 5.26 Å². The molecule has 0 radical (unpaired) electrons. The van der Waals surface area contributed by atoms with E-state index in [0.29, 0.717) is 24.2 Å². The van der Waals surface area contributed by atoms with Crippen molar-refractivity contribution in [3.05, 3.63) is 59.7 Å². The van der Waals surface area contributed by atoms with Crippen LogP contribution in [-0.2, 0) is 11.0 Å². The second-order valence-corrected chi connectivity index (χ2v) is 8.22. The van der Waals surface area contributed by atoms with Crippen LogP contribution >= 0.6 is 0 Å². The van der Waals surface area contributed by atoms with E-state index in [1.807, 2.05) is 0 Å². The summed E-state index contributed by atoms with van der Waals surface area (Å²) in [6.45, 7) is 4.76. The minimum atomic E-state index is -0.0485. The van der Waals surface area contributed by atoms with Gasteiger partial charge in [-0.1, -0.05) is 48.6 Å². The van der Waals surface area contributed by atoms with Crippen molar-refractivity contribution < 1.29 is 0 Å². The summed E-state index contributed by atoms with van der Waals surface area (Å²) in [6.07, 6.45) is 11.0. The average Bonchev–Trinajstić information content (AvgIpc) is 3.26. The molecule has 0 amide bonds. The maximum atomic E-state index is 9.48. The molecule has 4 aliphatic rings. The minimum absolute atomic E-state index is 0.0485. The molecule has 116 valence electrons. The second kappa shape index (κ2) is 3.97. The van der Waals surface area contributed by atoms with Crippen LogP contribution in [0.4, 0.5) is 0 Å². The number of nitrogens with one attached hydrogen (secondary N) is 1. The molecule has 1 aromatic carbocycles. The van der Waals surface area contributed by atoms with Gasteiger partial charge in [0.2, 0.25) is 0 Å². The molecule has 2 fully saturated rings. The Morgan fingerprint density at radius 2 is 1.83 bits per heavy atom. The average molecular weight is 302 g/mol. The molecule has 5 rings (SSSR count). The van der Waals surface area contributed by atoms with Crippen molar-refractivity contribution in [2.24, 2.45) is 17.8 Å². The van der Waals surface area contributed by atoms with Gasteiger partial charge in [-0.3, -0.25) is 0 Å². The molecular weight excluding hydrogens is 280 g/mol. The number of benzene rings is 1. The highest BCUT2D eigenvalue weighted by Crippen LogP contribution is 2.70. The molecule has 1 heterocycles. The third-order valence-electron chi connectivity index (χ3n) is 7.24. The molecule has 1 saturated carbocycles. The molecule has 1 aliphatic heterocycles. The summed E-state index contributed by atoms with van der Waals surface area (Å²) in [4.78, 5) is 0. The largest absolute Gasteiger partial charge is 0.301 e. The van der Waals surface area contributed by atoms with Gasteiger partial charge in [0.1, 0.15) is 0 Å². The summed E-state index contributed by atoms with van der Waals surface area (Å²) in [5, 5.41) is 13.5. The van der Waals surface area contributed by atoms with Gasteiger partial charge in [0.25, 0.3) is 0 Å². The van der Waals surface area contributed by atoms with Crippen LogP contribution in [0.15, 0.2) is 48.6 Å². The zero-order valence-corrected chi connectivity index (χ0v) is 13.7. The molecule has 0 spiro atoms. The molecular formula is C21H22N2. The van der Waals surface area contributed by atoms with Crippen LogP contribution in [0.1, 0.15) is 37.8 Å². The lowest BCUT2D eigenvalue weighted by atomic mass is 9.65. The Kier molecular flexibility index (Phi) is 2.34. The highest BCUT2D eigenvalue weighted by Gasteiger charge is 2.72. The van der Waals surface area contributed by atoms with Gasteiger partial charge < -0.3 is 5.32 Å². The van der Waals surface area contributed by atoms with Gasteiger partial charge in [-0.25, -0.2) is 0 Å². The number of hydrogen-bond donors (Lipinski definition) is 1. The van der Waals surface area contributed by atoms with E-state index in [1.54, 1.807) is 0 Å². The summed E-state index contributed by atoms with van der Waals surface area (Å²) in [6, 6.07) is 11.4. The summed E-state index contributed by atoms with van der Waals surface area (Å²) in [7, 11) is 0. The molecule has 23 heavy (non-hydrogen) atoms. The molecule has 6 atom stereocenters. The molecule has 3 aliphatic carbocycles. The number of nitriles is 1. The highest BCUT2D eigenvalue weighted by atomic mass is 15.1. The van der Waals surface area contributed by atoms with Crippen molar-refractivity contribution in [2.75, 3.05) is 0 Å². The number of allylic oxidation sites excluding steroid dienone is 2. The van der Waals surface area contributed by atoms with Gasteiger partial charge in [-0.05, 0) is 37.3 Å². The fourth-order valence-corrected chi connectivity index (χ4v) is 6.21. The fourth-order valence-electron chi connectivity index (χ4n) is 6.21. The van der Waals surface area contributed by atoms with Crippen molar-refractivity contribution in [2.45, 2.75) is 43.2 Å². The SMILES string of the molecule is C[C@@]12N[C@@](C)(c3ccccc3[C@@]3(CC#N)CC31)C1C=CC=CC12. The van der Waals surface area contributed by atoms with E-state index in [-0.39, 0.29) is 16.5 Å². The summed E-state index contributed by atoms with van der Waals surface area (Å²) in [5.41, 5.74) is 2.91. The second-order valence-electron chi connectivity index (χ2n) is 8.22. The Morgan fingerprint density at radius 3 is 2.57 bits per heavy atom. The van der Waals surface area contributed by atoms with Crippen molar-refractivity contribution in [3.8, 4) is 6.07 Å². The standard InChI is InChI=1S/C21H22N2/c1-19-14-7-3-4-8-15(14)20(2,23-19)18-13-21(18,11-12-22)17-10-6-5-9-16(17)19/h3-10,14-15,18,23H,11,13H2,1-2H3/t14?,15?,18?,19-,20+,21-/m1/s1. The molecule has 2 nitrogen and oxygen atoms in total. The molecule has 3 unspecified atom stereocenters. The summed E-state index contributed by atoms with van der Waals surface area (Å²) in [5.74, 6) is 1.54. The van der Waals surface area contributed by atoms with E-state index in [1.165, 1.54) is 11.1 Å². The Balaban J connectivity index is 1.81. The van der Waals surface area contributed by atoms with Crippen molar-refractivity contribution in [1.82, 2.24) is 5.32 Å². The van der Waals surface area contributed by atoms with Gasteiger partial charge in [-0.15, -0.1) is 0 Å². The summed E-state index contributed by atoms with van der Waals surface area (Å²) >= 11 is 0. The van der Waals surface area contributed by atoms with Crippen LogP contribution in [-0.4, -0.2) is 5.54 Å². The molecule has 1 saturated heterocycles. The normalized spacial score (nSPS) is 48.0. The van der Waals surface area contributed by atoms with Crippen LogP contribution in [0.2, 0.25) is 0 Å². The Bertz CT molecular complexity index is 800. The van der Waals surface area contributed by atoms with E-state index in [9.17, 15) is 5.26 Å². The van der Waals surface area contributed by atoms with Gasteiger partial charge >= 0.3 is 0 Å². The predicted molar refractivity (Wildman–Crippen MR) is 90.6 cm³/mol. The van der Waals surface area contributed by atoms with Crippen LogP contribution in [0.25, 0.3) is 0 Å². The first-order valence-electron chi connectivity index (χ1n) is 8.67. The minimum Gasteiger partial charge on any atom is -0.301 e. The van der Waals surface area contributed by atoms with Crippen LogP contribution in [0.5, 0.6) is 0 Å². The first kappa shape index (κ1) is 13.6. The zero-order chi connectivity index (χ0) is 15.9. The lowest BCUT2D eigenvalue weighted by Gasteiger charge is -2.36. The maximum absolute atomic E-state index is 9.48. The Labute approximate surface area is 137 Å². The lowest BCUT2D eigenvalue weighted by molar-refractivity contribution is 0.264. The Morgan fingerprint density at radius 1 is 1.13 bits per heavy atom. The van der Waals surface area contributed by atoms with Gasteiger partial charge in [0.15, 0.2) is 0 Å². The van der Waals surface area contributed by atoms with Gasteiger partial charge in [0, 0.05) is 34.7 Å². The van der Waals surface area contributed by atoms with Gasteiger partial charge in [0.05, 0.1) is 6.07 Å². The third-order valence-corrected chi connectivity index (χ3v) is 7.24. The Hall–Kier alpha value is -1.85. The van der Waals surface area contributed by atoms with E-state index >= 15 is 0 Å². The molecule has 2 heteroatoms. The monoisotopic (exact) mass is 302 g/mol. The van der Waals surface area contributed by atoms with Crippen molar-refractivity contribution >= 4 is 0 Å². The number of nitrogens with zero attached hydrogens (tertiary/aromatic N) is 1. The predicted octanol–water partition coefficient (Wildman–Crippen LogP) is 3.81. The first-order valence-corrected chi connectivity index (χ1v) is 8.67. The van der Waals surface area contributed by atoms with E-state index in [0.717, 1.165) is 6.42 Å². The van der Waals surface area contributed by atoms with E-state index < -0.39 is 0 Å². The molecule has 1 N–H and O–H groups in total. The quantitative estimate of drug-likeness (QED) is 0.856. The first-order chi connectivity index (χ1) is 11.1. The van der Waals surface area contributed by atoms with Crippen LogP contribution < -0.4 is 5.32 Å². The topological polar surface area (TPSA) is 35.8 Å². The van der Waals surface area contributed by atoms with Crippen molar-refractivity contribution in [3.63, 3.8) is 0 Å². The van der Waals surface area contributed by atoms with Gasteiger partial charge in [-0.2, -0.15) is 5.26 Å². The number of fused-ring (bicyclic) bond motifs is 5. The molecule has 2 bridgehead atoms. The van der Waals surface area contributed by atoms with Crippen LogP contribution in [0, 0.1) is 29.1 Å². The number of hydrogen-bond acceptors (Lipinski definition) is 2. The van der Waals surface area contributed by atoms with E-state index in [4.69, 9.17) is 0 Å². The highest BCUT2D eigenvalue weighted by molar-refractivity contribution is 5.53. The zero-order valence-electron chi connectivity index (χ0n) is 13.7. The lowest BCUT2D eigenvalue weighted by Crippen LogP contribution is -2.48. The van der Waals surface area contributed by atoms with E-state index in [2.05, 4.69) is 73.8 Å².